The van der Waals surface area contributed by atoms with Gasteiger partial charge in [-0.2, -0.15) is 6.42 Å². The summed E-state index contributed by atoms with van der Waals surface area (Å²) in [5, 5.41) is 22.7. The van der Waals surface area contributed by atoms with E-state index in [4.69, 9.17) is 15.3 Å². The number of aliphatic hydroxyl groups excluding tert-OH is 3. The maximum absolute atomic E-state index is 7.57. The SMILES string of the molecule is CCO.CCO.CCO.[CH2-]CCCCC.[Zr]. The van der Waals surface area contributed by atoms with E-state index in [2.05, 4.69) is 13.8 Å². The van der Waals surface area contributed by atoms with Gasteiger partial charge in [0.05, 0.1) is 0 Å². The Hall–Kier alpha value is 0.763. The third-order valence-electron chi connectivity index (χ3n) is 0.854. The molecule has 0 fully saturated rings. The maximum atomic E-state index is 7.57. The Morgan fingerprint density at radius 3 is 1.06 bits per heavy atom. The van der Waals surface area contributed by atoms with Crippen molar-refractivity contribution in [3.63, 3.8) is 0 Å². The number of aliphatic hydroxyl groups is 3. The molecule has 4 heteroatoms. The normalized spacial score (nSPS) is 6.75. The van der Waals surface area contributed by atoms with Crippen molar-refractivity contribution < 1.29 is 41.5 Å². The molecule has 0 aliphatic rings. The van der Waals surface area contributed by atoms with E-state index in [-0.39, 0.29) is 46.0 Å². The summed E-state index contributed by atoms with van der Waals surface area (Å²) in [5.74, 6) is 0. The first-order valence-electron chi connectivity index (χ1n) is 5.78. The van der Waals surface area contributed by atoms with Crippen LogP contribution in [-0.4, -0.2) is 35.1 Å². The van der Waals surface area contributed by atoms with E-state index in [0.29, 0.717) is 0 Å². The van der Waals surface area contributed by atoms with E-state index in [1.54, 1.807) is 20.8 Å². The fourth-order valence-electron chi connectivity index (χ4n) is 0.427. The molecule has 0 saturated heterocycles. The molecule has 0 unspecified atom stereocenters. The molecule has 0 aromatic heterocycles. The van der Waals surface area contributed by atoms with Crippen LogP contribution < -0.4 is 0 Å². The molecule has 0 rings (SSSR count). The molecule has 0 saturated carbocycles. The summed E-state index contributed by atoms with van der Waals surface area (Å²) < 4.78 is 0. The van der Waals surface area contributed by atoms with Crippen LogP contribution in [-0.2, 0) is 26.2 Å². The number of rotatable bonds is 3. The molecule has 0 heterocycles. The van der Waals surface area contributed by atoms with Gasteiger partial charge in [-0.15, -0.1) is 0 Å². The van der Waals surface area contributed by atoms with E-state index < -0.39 is 0 Å². The van der Waals surface area contributed by atoms with Crippen molar-refractivity contribution in [1.82, 2.24) is 0 Å². The van der Waals surface area contributed by atoms with Crippen molar-refractivity contribution in [2.45, 2.75) is 53.4 Å². The van der Waals surface area contributed by atoms with Crippen LogP contribution in [0.1, 0.15) is 53.4 Å². The summed E-state index contributed by atoms with van der Waals surface area (Å²) >= 11 is 0. The van der Waals surface area contributed by atoms with Gasteiger partial charge in [0.1, 0.15) is 0 Å². The van der Waals surface area contributed by atoms with Crippen molar-refractivity contribution in [3.8, 4) is 0 Å². The molecule has 0 aliphatic heterocycles. The summed E-state index contributed by atoms with van der Waals surface area (Å²) in [6, 6.07) is 0. The van der Waals surface area contributed by atoms with Gasteiger partial charge < -0.3 is 22.2 Å². The van der Waals surface area contributed by atoms with Gasteiger partial charge in [-0.05, 0) is 20.8 Å². The third-order valence-corrected chi connectivity index (χ3v) is 0.854. The van der Waals surface area contributed by atoms with E-state index in [1.807, 2.05) is 0 Å². The fourth-order valence-corrected chi connectivity index (χ4v) is 0.427. The van der Waals surface area contributed by atoms with Gasteiger partial charge in [0, 0.05) is 46.0 Å². The zero-order chi connectivity index (χ0) is 12.9. The van der Waals surface area contributed by atoms with E-state index in [0.717, 1.165) is 6.42 Å². The van der Waals surface area contributed by atoms with Crippen LogP contribution in [0.5, 0.6) is 0 Å². The first-order chi connectivity index (χ1) is 7.16. The summed E-state index contributed by atoms with van der Waals surface area (Å²) in [6.07, 6.45) is 5.07. The van der Waals surface area contributed by atoms with Gasteiger partial charge in [-0.1, -0.05) is 26.2 Å². The molecule has 0 atom stereocenters. The van der Waals surface area contributed by atoms with E-state index in [9.17, 15) is 0 Å². The molecule has 0 aliphatic carbocycles. The van der Waals surface area contributed by atoms with Crippen LogP contribution in [0.15, 0.2) is 0 Å². The average molecular weight is 315 g/mol. The van der Waals surface area contributed by atoms with Gasteiger partial charge in [0.15, 0.2) is 0 Å². The van der Waals surface area contributed by atoms with Crippen LogP contribution in [0, 0.1) is 6.92 Å². The van der Waals surface area contributed by atoms with Gasteiger partial charge in [0.2, 0.25) is 0 Å². The average Bonchev–Trinajstić information content (AvgIpc) is 2.18. The minimum atomic E-state index is 0. The third kappa shape index (κ3) is 197. The van der Waals surface area contributed by atoms with Gasteiger partial charge in [-0.3, -0.25) is 0 Å². The van der Waals surface area contributed by atoms with Crippen molar-refractivity contribution in [3.05, 3.63) is 6.92 Å². The molecule has 0 aromatic carbocycles. The monoisotopic (exact) mass is 313 g/mol. The fraction of sp³-hybridized carbons (Fsp3) is 0.917. The Morgan fingerprint density at radius 1 is 0.750 bits per heavy atom. The molecule has 16 heavy (non-hydrogen) atoms. The number of hydrogen-bond acceptors (Lipinski definition) is 3. The van der Waals surface area contributed by atoms with E-state index in [1.165, 1.54) is 19.3 Å². The minimum absolute atomic E-state index is 0. The number of hydrogen-bond donors (Lipinski definition) is 3. The second kappa shape index (κ2) is 57.0. The Balaban J connectivity index is -0.0000000353. The van der Waals surface area contributed by atoms with Crippen LogP contribution in [0.3, 0.4) is 0 Å². The zero-order valence-corrected chi connectivity index (χ0v) is 14.0. The Labute approximate surface area is 121 Å². The molecule has 3 nitrogen and oxygen atoms in total. The van der Waals surface area contributed by atoms with Gasteiger partial charge >= 0.3 is 0 Å². The van der Waals surface area contributed by atoms with Crippen LogP contribution >= 0.6 is 0 Å². The maximum Gasteiger partial charge on any atom is 0.0402 e. The van der Waals surface area contributed by atoms with Crippen LogP contribution in [0.2, 0.25) is 0 Å². The molecule has 0 radical (unpaired) electrons. The quantitative estimate of drug-likeness (QED) is 0.554. The summed E-state index contributed by atoms with van der Waals surface area (Å²) in [5.41, 5.74) is 0. The molecule has 0 amide bonds. The molecular formula is C12H31O3Zr-. The largest absolute Gasteiger partial charge is 0.397 e. The standard InChI is InChI=1S/C6H13.3C2H6O.Zr/c1-3-5-6-4-2;3*1-2-3;/h1,3-6H2,2H3;3*3H,2H2,1H3;/q-1;;;;. The van der Waals surface area contributed by atoms with Crippen LogP contribution in [0.25, 0.3) is 0 Å². The molecule has 0 bridgehead atoms. The van der Waals surface area contributed by atoms with Crippen molar-refractivity contribution in [2.75, 3.05) is 19.8 Å². The smallest absolute Gasteiger partial charge is 0.0402 e. The van der Waals surface area contributed by atoms with E-state index >= 15 is 0 Å². The van der Waals surface area contributed by atoms with Gasteiger partial charge in [0.25, 0.3) is 0 Å². The van der Waals surface area contributed by atoms with Crippen molar-refractivity contribution >= 4 is 0 Å². The topological polar surface area (TPSA) is 60.7 Å². The van der Waals surface area contributed by atoms with Crippen molar-refractivity contribution in [1.29, 1.82) is 0 Å². The molecule has 0 spiro atoms. The summed E-state index contributed by atoms with van der Waals surface area (Å²) in [6.45, 7) is 11.7. The molecule has 102 valence electrons. The predicted octanol–water partition coefficient (Wildman–Crippen LogP) is 2.39. The zero-order valence-electron chi connectivity index (χ0n) is 11.5. The Morgan fingerprint density at radius 2 is 1.00 bits per heavy atom. The molecule has 3 N–H and O–H groups in total. The Kier molecular flexibility index (Phi) is 107. The van der Waals surface area contributed by atoms with Gasteiger partial charge in [-0.25, -0.2) is 0 Å². The first kappa shape index (κ1) is 30.1. The number of unbranched alkanes of at least 4 members (excludes halogenated alkanes) is 3. The summed E-state index contributed by atoms with van der Waals surface area (Å²) in [4.78, 5) is 0. The molecular weight excluding hydrogens is 283 g/mol. The minimum Gasteiger partial charge on any atom is -0.397 e. The predicted molar refractivity (Wildman–Crippen MR) is 67.8 cm³/mol. The van der Waals surface area contributed by atoms with Crippen molar-refractivity contribution in [2.24, 2.45) is 0 Å². The Bertz CT molecular complexity index is 46.8. The summed E-state index contributed by atoms with van der Waals surface area (Å²) in [7, 11) is 0. The van der Waals surface area contributed by atoms with Crippen LogP contribution in [0.4, 0.5) is 0 Å². The molecule has 0 aromatic rings. The second-order valence-electron chi connectivity index (χ2n) is 2.51. The second-order valence-corrected chi connectivity index (χ2v) is 2.51. The first-order valence-corrected chi connectivity index (χ1v) is 5.78.